The maximum Gasteiger partial charge on any atom is 0.248 e. The van der Waals surface area contributed by atoms with Crippen LogP contribution in [0.5, 0.6) is 0 Å². The van der Waals surface area contributed by atoms with E-state index in [2.05, 4.69) is 5.32 Å². The summed E-state index contributed by atoms with van der Waals surface area (Å²) in [4.78, 5) is 12.3. The highest BCUT2D eigenvalue weighted by Gasteiger charge is 2.62. The zero-order valence-electron chi connectivity index (χ0n) is 12.5. The molecule has 2 atom stereocenters. The van der Waals surface area contributed by atoms with Crippen molar-refractivity contribution in [2.24, 2.45) is 0 Å². The molecule has 2 aromatic carbocycles. The van der Waals surface area contributed by atoms with Crippen LogP contribution in [0.2, 0.25) is 0 Å². The van der Waals surface area contributed by atoms with Crippen LogP contribution in [-0.2, 0) is 19.2 Å². The molecular weight excluding hydrogens is 297 g/mol. The fourth-order valence-corrected chi connectivity index (χ4v) is 5.96. The van der Waals surface area contributed by atoms with Gasteiger partial charge in [-0.05, 0) is 18.1 Å². The van der Waals surface area contributed by atoms with Crippen molar-refractivity contribution >= 4 is 13.3 Å². The van der Waals surface area contributed by atoms with E-state index in [1.54, 1.807) is 6.92 Å². The summed E-state index contributed by atoms with van der Waals surface area (Å²) in [5, 5.41) is 1.83. The zero-order chi connectivity index (χ0) is 15.8. The quantitative estimate of drug-likeness (QED) is 0.884. The van der Waals surface area contributed by atoms with Crippen molar-refractivity contribution in [1.29, 1.82) is 0 Å². The zero-order valence-corrected chi connectivity index (χ0v) is 13.4. The predicted molar refractivity (Wildman–Crippen MR) is 85.9 cm³/mol. The summed E-state index contributed by atoms with van der Waals surface area (Å²) in [5.41, 5.74) is 0.839. The number of rotatable bonds is 3. The molecule has 0 aromatic heterocycles. The second kappa shape index (κ2) is 5.38. The van der Waals surface area contributed by atoms with E-state index in [1.165, 1.54) is 7.11 Å². The van der Waals surface area contributed by atoms with Crippen molar-refractivity contribution in [2.45, 2.75) is 17.9 Å². The van der Waals surface area contributed by atoms with Crippen molar-refractivity contribution in [1.82, 2.24) is 5.32 Å². The molecule has 22 heavy (non-hydrogen) atoms. The molecule has 0 spiro atoms. The van der Waals surface area contributed by atoms with Gasteiger partial charge in [-0.1, -0.05) is 60.7 Å². The Bertz CT molecular complexity index is 691. The van der Waals surface area contributed by atoms with E-state index in [0.29, 0.717) is 0 Å². The first kappa shape index (κ1) is 15.0. The minimum atomic E-state index is -3.34. The molecule has 1 heterocycles. The maximum absolute atomic E-state index is 13.7. The van der Waals surface area contributed by atoms with Gasteiger partial charge in [0.1, 0.15) is 5.66 Å². The van der Waals surface area contributed by atoms with Gasteiger partial charge in [0, 0.05) is 7.11 Å². The van der Waals surface area contributed by atoms with Gasteiger partial charge in [-0.15, -0.1) is 0 Å². The Morgan fingerprint density at radius 1 is 1.00 bits per heavy atom. The third-order valence-electron chi connectivity index (χ3n) is 4.32. The minimum absolute atomic E-state index is 0.252. The summed E-state index contributed by atoms with van der Waals surface area (Å²) in [6, 6.07) is 18.7. The van der Waals surface area contributed by atoms with Crippen LogP contribution in [0.1, 0.15) is 18.1 Å². The minimum Gasteiger partial charge on any atom is -0.333 e. The first-order chi connectivity index (χ1) is 10.6. The van der Waals surface area contributed by atoms with Crippen molar-refractivity contribution in [3.63, 3.8) is 0 Å². The number of benzene rings is 2. The molecule has 1 saturated heterocycles. The second-order valence-corrected chi connectivity index (χ2v) is 8.39. The highest BCUT2D eigenvalue weighted by Crippen LogP contribution is 2.71. The largest absolute Gasteiger partial charge is 0.333 e. The lowest BCUT2D eigenvalue weighted by atomic mass is 9.97. The van der Waals surface area contributed by atoms with Crippen molar-refractivity contribution in [2.75, 3.05) is 7.11 Å². The standard InChI is InChI=1S/C17H18NO3P/c1-13-16(19)18-17(22(13,20)21-2,14-9-5-3-6-10-14)15-11-7-4-8-12-15/h3-13H,1-2H3,(H,18,19). The lowest BCUT2D eigenvalue weighted by Gasteiger charge is -2.35. The molecule has 0 radical (unpaired) electrons. The number of carbonyl (C=O) groups is 1. The topological polar surface area (TPSA) is 55.4 Å². The first-order valence-corrected chi connectivity index (χ1v) is 8.84. The number of amides is 1. The van der Waals surface area contributed by atoms with Crippen molar-refractivity contribution in [3.8, 4) is 0 Å². The van der Waals surface area contributed by atoms with Gasteiger partial charge in [0.2, 0.25) is 13.3 Å². The van der Waals surface area contributed by atoms with E-state index in [-0.39, 0.29) is 5.91 Å². The lowest BCUT2D eigenvalue weighted by molar-refractivity contribution is -0.120. The molecule has 0 aliphatic carbocycles. The SMILES string of the molecule is COP1(=O)C(C)C(=O)NC1(c1ccccc1)c1ccccc1. The molecule has 114 valence electrons. The van der Waals surface area contributed by atoms with Crippen molar-refractivity contribution in [3.05, 3.63) is 71.8 Å². The molecule has 2 aromatic rings. The van der Waals surface area contributed by atoms with Gasteiger partial charge in [-0.2, -0.15) is 0 Å². The maximum atomic E-state index is 13.7. The molecular formula is C17H18NO3P. The van der Waals surface area contributed by atoms with E-state index < -0.39 is 18.3 Å². The Labute approximate surface area is 130 Å². The van der Waals surface area contributed by atoms with Gasteiger partial charge in [-0.3, -0.25) is 9.36 Å². The summed E-state index contributed by atoms with van der Waals surface area (Å²) in [5.74, 6) is -0.252. The van der Waals surface area contributed by atoms with Gasteiger partial charge in [0.25, 0.3) is 0 Å². The lowest BCUT2D eigenvalue weighted by Crippen LogP contribution is -2.40. The summed E-state index contributed by atoms with van der Waals surface area (Å²) in [7, 11) is -1.93. The third-order valence-corrected chi connectivity index (χ3v) is 7.68. The number of carbonyl (C=O) groups excluding carboxylic acids is 1. The van der Waals surface area contributed by atoms with Gasteiger partial charge >= 0.3 is 0 Å². The Balaban J connectivity index is 2.35. The highest BCUT2D eigenvalue weighted by molar-refractivity contribution is 7.63. The summed E-state index contributed by atoms with van der Waals surface area (Å²) in [6.07, 6.45) is 0. The van der Waals surface area contributed by atoms with E-state index in [4.69, 9.17) is 4.52 Å². The number of hydrogen-bond acceptors (Lipinski definition) is 3. The van der Waals surface area contributed by atoms with E-state index in [1.807, 2.05) is 60.7 Å². The van der Waals surface area contributed by atoms with Crippen LogP contribution in [0.3, 0.4) is 0 Å². The monoisotopic (exact) mass is 315 g/mol. The predicted octanol–water partition coefficient (Wildman–Crippen LogP) is 3.33. The Morgan fingerprint density at radius 3 is 1.86 bits per heavy atom. The van der Waals surface area contributed by atoms with Crippen molar-refractivity contribution < 1.29 is 13.9 Å². The smallest absolute Gasteiger partial charge is 0.248 e. The Hall–Kier alpha value is -1.90. The molecule has 1 fully saturated rings. The number of hydrogen-bond donors (Lipinski definition) is 1. The average molecular weight is 315 g/mol. The molecule has 0 bridgehead atoms. The first-order valence-electron chi connectivity index (χ1n) is 7.15. The molecule has 1 aliphatic rings. The molecule has 4 nitrogen and oxygen atoms in total. The molecule has 1 aliphatic heterocycles. The normalized spacial score (nSPS) is 26.6. The highest BCUT2D eigenvalue weighted by atomic mass is 31.2. The van der Waals surface area contributed by atoms with E-state index in [9.17, 15) is 9.36 Å². The summed E-state index contributed by atoms with van der Waals surface area (Å²) < 4.78 is 19.2. The van der Waals surface area contributed by atoms with Crippen LogP contribution < -0.4 is 5.32 Å². The number of nitrogens with one attached hydrogen (secondary N) is 1. The van der Waals surface area contributed by atoms with Crippen LogP contribution in [-0.4, -0.2) is 18.7 Å². The fraction of sp³-hybridized carbons (Fsp3) is 0.235. The third kappa shape index (κ3) is 1.88. The van der Waals surface area contributed by atoms with Crippen LogP contribution in [0, 0.1) is 0 Å². The fourth-order valence-electron chi connectivity index (χ4n) is 3.13. The molecule has 5 heteroatoms. The Kier molecular flexibility index (Phi) is 3.67. The van der Waals surface area contributed by atoms with Gasteiger partial charge in [0.15, 0.2) is 5.28 Å². The molecule has 2 unspecified atom stereocenters. The van der Waals surface area contributed by atoms with Gasteiger partial charge < -0.3 is 9.84 Å². The van der Waals surface area contributed by atoms with Crippen LogP contribution >= 0.6 is 7.37 Å². The molecule has 0 saturated carbocycles. The molecule has 3 rings (SSSR count). The Morgan fingerprint density at radius 2 is 1.45 bits per heavy atom. The molecule has 1 amide bonds. The average Bonchev–Trinajstić information content (AvgIpc) is 2.79. The van der Waals surface area contributed by atoms with Gasteiger partial charge in [0.05, 0.1) is 0 Å². The molecule has 1 N–H and O–H groups in total. The van der Waals surface area contributed by atoms with E-state index >= 15 is 0 Å². The van der Waals surface area contributed by atoms with Crippen LogP contribution in [0.4, 0.5) is 0 Å². The van der Waals surface area contributed by atoms with E-state index in [0.717, 1.165) is 11.1 Å². The summed E-state index contributed by atoms with van der Waals surface area (Å²) in [6.45, 7) is 1.66. The second-order valence-electron chi connectivity index (χ2n) is 5.39. The van der Waals surface area contributed by atoms with Crippen LogP contribution in [0.15, 0.2) is 60.7 Å². The summed E-state index contributed by atoms with van der Waals surface area (Å²) >= 11 is 0. The van der Waals surface area contributed by atoms with Gasteiger partial charge in [-0.25, -0.2) is 0 Å². The van der Waals surface area contributed by atoms with Crippen LogP contribution in [0.25, 0.3) is 0 Å².